The highest BCUT2D eigenvalue weighted by molar-refractivity contribution is 7.99. The van der Waals surface area contributed by atoms with Crippen LogP contribution in [0.3, 0.4) is 0 Å². The number of hydrogen-bond acceptors (Lipinski definition) is 6. The Kier molecular flexibility index (Phi) is 7.40. The maximum Gasteiger partial charge on any atom is 0.305 e. The first kappa shape index (κ1) is 18.9. The van der Waals surface area contributed by atoms with Gasteiger partial charge in [0.2, 0.25) is 5.91 Å². The van der Waals surface area contributed by atoms with Crippen LogP contribution in [-0.2, 0) is 14.3 Å². The van der Waals surface area contributed by atoms with Gasteiger partial charge in [-0.05, 0) is 19.4 Å². The van der Waals surface area contributed by atoms with E-state index >= 15 is 0 Å². The van der Waals surface area contributed by atoms with Gasteiger partial charge in [-0.25, -0.2) is 9.97 Å². The number of thioether (sulfide) groups is 1. The number of hydrogen-bond donors (Lipinski definition) is 1. The normalized spacial score (nSPS) is 10.3. The Morgan fingerprint density at radius 1 is 1.20 bits per heavy atom. The van der Waals surface area contributed by atoms with Crippen molar-refractivity contribution in [2.24, 2.45) is 0 Å². The van der Waals surface area contributed by atoms with Gasteiger partial charge >= 0.3 is 5.97 Å². The molecule has 7 heteroatoms. The Bertz CT molecular complexity index is 723. The Hall–Kier alpha value is -2.41. The lowest BCUT2D eigenvalue weighted by Gasteiger charge is -2.07. The van der Waals surface area contributed by atoms with Crippen LogP contribution in [0.15, 0.2) is 41.6 Å². The summed E-state index contributed by atoms with van der Waals surface area (Å²) in [5, 5.41) is 3.34. The molecular formula is C18H21N3O3S. The van der Waals surface area contributed by atoms with Crippen LogP contribution in [0.4, 0.5) is 0 Å². The van der Waals surface area contributed by atoms with Crippen molar-refractivity contribution in [2.75, 3.05) is 19.4 Å². The Morgan fingerprint density at radius 2 is 1.96 bits per heavy atom. The fourth-order valence-corrected chi connectivity index (χ4v) is 2.84. The predicted molar refractivity (Wildman–Crippen MR) is 97.2 cm³/mol. The predicted octanol–water partition coefficient (Wildman–Crippen LogP) is 2.61. The maximum atomic E-state index is 11.9. The highest BCUT2D eigenvalue weighted by Crippen LogP contribution is 2.21. The lowest BCUT2D eigenvalue weighted by molar-refractivity contribution is -0.140. The van der Waals surface area contributed by atoms with Crippen LogP contribution in [0, 0.1) is 6.92 Å². The highest BCUT2D eigenvalue weighted by atomic mass is 32.2. The fraction of sp³-hybridized carbons (Fsp3) is 0.333. The lowest BCUT2D eigenvalue weighted by Crippen LogP contribution is -2.26. The number of nitrogens with one attached hydrogen (secondary N) is 1. The molecular weight excluding hydrogens is 338 g/mol. The van der Waals surface area contributed by atoms with Gasteiger partial charge in [0.1, 0.15) is 0 Å². The number of benzene rings is 1. The monoisotopic (exact) mass is 359 g/mol. The van der Waals surface area contributed by atoms with E-state index in [0.29, 0.717) is 24.5 Å². The van der Waals surface area contributed by atoms with Crippen LogP contribution >= 0.6 is 11.8 Å². The molecule has 1 N–H and O–H groups in total. The highest BCUT2D eigenvalue weighted by Gasteiger charge is 2.08. The van der Waals surface area contributed by atoms with Gasteiger partial charge in [0.15, 0.2) is 5.16 Å². The van der Waals surface area contributed by atoms with Crippen LogP contribution in [0.2, 0.25) is 0 Å². The molecule has 132 valence electrons. The molecule has 1 aromatic heterocycles. The van der Waals surface area contributed by atoms with Gasteiger partial charge in [0.25, 0.3) is 0 Å². The average Bonchev–Trinajstić information content (AvgIpc) is 2.63. The van der Waals surface area contributed by atoms with Crippen molar-refractivity contribution >= 4 is 23.6 Å². The summed E-state index contributed by atoms with van der Waals surface area (Å²) >= 11 is 1.29. The number of carbonyl (C=O) groups excluding carboxylic acids is 2. The van der Waals surface area contributed by atoms with E-state index in [2.05, 4.69) is 20.0 Å². The molecule has 0 saturated carbocycles. The van der Waals surface area contributed by atoms with Crippen molar-refractivity contribution in [2.45, 2.75) is 24.9 Å². The molecule has 0 aliphatic rings. The summed E-state index contributed by atoms with van der Waals surface area (Å²) in [6, 6.07) is 11.8. The molecule has 25 heavy (non-hydrogen) atoms. The number of amides is 1. The van der Waals surface area contributed by atoms with Gasteiger partial charge in [-0.3, -0.25) is 9.59 Å². The molecule has 0 atom stereocenters. The topological polar surface area (TPSA) is 81.2 Å². The van der Waals surface area contributed by atoms with Crippen LogP contribution in [0.25, 0.3) is 11.3 Å². The Morgan fingerprint density at radius 3 is 2.68 bits per heavy atom. The van der Waals surface area contributed by atoms with E-state index < -0.39 is 0 Å². The van der Waals surface area contributed by atoms with E-state index in [4.69, 9.17) is 0 Å². The minimum atomic E-state index is -0.273. The zero-order chi connectivity index (χ0) is 18.1. The molecule has 6 nitrogen and oxygen atoms in total. The largest absolute Gasteiger partial charge is 0.469 e. The number of carbonyl (C=O) groups is 2. The Balaban J connectivity index is 1.85. The van der Waals surface area contributed by atoms with Gasteiger partial charge in [0, 0.05) is 24.2 Å². The average molecular weight is 359 g/mol. The zero-order valence-corrected chi connectivity index (χ0v) is 15.1. The molecule has 1 aromatic carbocycles. The quantitative estimate of drug-likeness (QED) is 0.338. The van der Waals surface area contributed by atoms with Crippen molar-refractivity contribution in [1.82, 2.24) is 15.3 Å². The number of nitrogens with zero attached hydrogens (tertiary/aromatic N) is 2. The van der Waals surface area contributed by atoms with Crippen LogP contribution in [-0.4, -0.2) is 41.3 Å². The first-order chi connectivity index (χ1) is 12.1. The molecule has 0 spiro atoms. The first-order valence-corrected chi connectivity index (χ1v) is 8.94. The Labute approximate surface area is 151 Å². The molecule has 0 saturated heterocycles. The van der Waals surface area contributed by atoms with E-state index in [0.717, 1.165) is 17.0 Å². The third kappa shape index (κ3) is 6.54. The first-order valence-electron chi connectivity index (χ1n) is 7.96. The number of aryl methyl sites for hydroxylation is 1. The standard InChI is InChI=1S/C18H21N3O3S/c1-13-11-15(14-7-4-3-5-8-14)21-18(20-13)25-12-16(22)19-10-6-9-17(23)24-2/h3-5,7-8,11H,6,9-10,12H2,1-2H3,(H,19,22). The van der Waals surface area contributed by atoms with Gasteiger partial charge in [0.05, 0.1) is 18.6 Å². The van der Waals surface area contributed by atoms with Crippen LogP contribution in [0.1, 0.15) is 18.5 Å². The molecule has 2 aromatic rings. The smallest absolute Gasteiger partial charge is 0.305 e. The van der Waals surface area contributed by atoms with Crippen LogP contribution in [0.5, 0.6) is 0 Å². The van der Waals surface area contributed by atoms with Gasteiger partial charge in [-0.1, -0.05) is 42.1 Å². The maximum absolute atomic E-state index is 11.9. The number of methoxy groups -OCH3 is 1. The molecule has 0 fully saturated rings. The summed E-state index contributed by atoms with van der Waals surface area (Å²) < 4.78 is 4.55. The summed E-state index contributed by atoms with van der Waals surface area (Å²) in [6.45, 7) is 2.35. The molecule has 1 amide bonds. The molecule has 0 bridgehead atoms. The van der Waals surface area contributed by atoms with Crippen molar-refractivity contribution in [3.63, 3.8) is 0 Å². The minimum Gasteiger partial charge on any atom is -0.469 e. The second kappa shape index (κ2) is 9.78. The van der Waals surface area contributed by atoms with E-state index in [-0.39, 0.29) is 17.6 Å². The number of ether oxygens (including phenoxy) is 1. The van der Waals surface area contributed by atoms with E-state index in [1.54, 1.807) is 0 Å². The summed E-state index contributed by atoms with van der Waals surface area (Å²) in [7, 11) is 1.35. The summed E-state index contributed by atoms with van der Waals surface area (Å²) in [4.78, 5) is 31.7. The molecule has 0 unspecified atom stereocenters. The molecule has 0 radical (unpaired) electrons. The SMILES string of the molecule is COC(=O)CCCNC(=O)CSc1nc(C)cc(-c2ccccc2)n1. The number of esters is 1. The fourth-order valence-electron chi connectivity index (χ4n) is 2.11. The van der Waals surface area contributed by atoms with Crippen molar-refractivity contribution in [3.8, 4) is 11.3 Å². The van der Waals surface area contributed by atoms with E-state index in [1.807, 2.05) is 43.3 Å². The molecule has 1 heterocycles. The van der Waals surface area contributed by atoms with Crippen molar-refractivity contribution in [3.05, 3.63) is 42.1 Å². The van der Waals surface area contributed by atoms with Crippen LogP contribution < -0.4 is 5.32 Å². The molecule has 2 rings (SSSR count). The second-order valence-corrected chi connectivity index (χ2v) is 6.30. The van der Waals surface area contributed by atoms with Gasteiger partial charge < -0.3 is 10.1 Å². The number of aromatic nitrogens is 2. The summed E-state index contributed by atoms with van der Waals surface area (Å²) in [5.41, 5.74) is 2.71. The van der Waals surface area contributed by atoms with Gasteiger partial charge in [-0.2, -0.15) is 0 Å². The molecule has 0 aliphatic carbocycles. The summed E-state index contributed by atoms with van der Waals surface area (Å²) in [6.07, 6.45) is 0.855. The molecule has 0 aliphatic heterocycles. The second-order valence-electron chi connectivity index (χ2n) is 5.36. The zero-order valence-electron chi connectivity index (χ0n) is 14.3. The van der Waals surface area contributed by atoms with Gasteiger partial charge in [-0.15, -0.1) is 0 Å². The number of rotatable bonds is 8. The third-order valence-electron chi connectivity index (χ3n) is 3.34. The van der Waals surface area contributed by atoms with Crippen molar-refractivity contribution < 1.29 is 14.3 Å². The third-order valence-corrected chi connectivity index (χ3v) is 4.19. The lowest BCUT2D eigenvalue weighted by atomic mass is 10.1. The van der Waals surface area contributed by atoms with E-state index in [1.165, 1.54) is 18.9 Å². The van der Waals surface area contributed by atoms with E-state index in [9.17, 15) is 9.59 Å². The minimum absolute atomic E-state index is 0.110. The van der Waals surface area contributed by atoms with Crippen molar-refractivity contribution in [1.29, 1.82) is 0 Å². The summed E-state index contributed by atoms with van der Waals surface area (Å²) in [5.74, 6) is -0.151.